The lowest BCUT2D eigenvalue weighted by atomic mass is 10.1. The van der Waals surface area contributed by atoms with Crippen molar-refractivity contribution in [2.45, 2.75) is 20.3 Å². The summed E-state index contributed by atoms with van der Waals surface area (Å²) in [4.78, 5) is 19.2. The van der Waals surface area contributed by atoms with Crippen molar-refractivity contribution in [3.05, 3.63) is 39.9 Å². The van der Waals surface area contributed by atoms with Gasteiger partial charge in [-0.3, -0.25) is 4.79 Å². The predicted molar refractivity (Wildman–Crippen MR) is 77.5 cm³/mol. The molecule has 1 aromatic carbocycles. The largest absolute Gasteiger partial charge is 0.497 e. The number of aromatic amines is 1. The van der Waals surface area contributed by atoms with Gasteiger partial charge >= 0.3 is 0 Å². The first-order valence-electron chi connectivity index (χ1n) is 6.42. The van der Waals surface area contributed by atoms with Gasteiger partial charge in [0.15, 0.2) is 0 Å². The van der Waals surface area contributed by atoms with Crippen molar-refractivity contribution in [3.8, 4) is 22.8 Å². The number of benzene rings is 1. The molecule has 2 aromatic rings. The Balaban J connectivity index is 2.67. The van der Waals surface area contributed by atoms with Gasteiger partial charge in [0.1, 0.15) is 17.3 Å². The molecule has 2 rings (SSSR count). The summed E-state index contributed by atoms with van der Waals surface area (Å²) in [5.41, 5.74) is 1.88. The van der Waals surface area contributed by atoms with Crippen LogP contribution < -0.4 is 15.0 Å². The smallest absolute Gasteiger partial charge is 0.254 e. The molecule has 20 heavy (non-hydrogen) atoms. The maximum Gasteiger partial charge on any atom is 0.254 e. The maximum absolute atomic E-state index is 12.0. The molecule has 0 radical (unpaired) electrons. The Morgan fingerprint density at radius 2 is 2.00 bits per heavy atom. The highest BCUT2D eigenvalue weighted by Gasteiger charge is 2.14. The van der Waals surface area contributed by atoms with E-state index in [2.05, 4.69) is 9.97 Å². The second-order valence-corrected chi connectivity index (χ2v) is 4.41. The topological polar surface area (TPSA) is 64.2 Å². The standard InChI is InChI=1S/C15H18N2O3/c1-5-13-16-14(9(2)15(18)17-13)11-7-6-10(19-3)8-12(11)20-4/h6-8H,5H2,1-4H3,(H,16,17,18). The maximum atomic E-state index is 12.0. The summed E-state index contributed by atoms with van der Waals surface area (Å²) in [5.74, 6) is 1.99. The van der Waals surface area contributed by atoms with E-state index in [0.717, 1.165) is 5.56 Å². The van der Waals surface area contributed by atoms with Gasteiger partial charge < -0.3 is 14.5 Å². The quantitative estimate of drug-likeness (QED) is 0.929. The van der Waals surface area contributed by atoms with Crippen LogP contribution in [0, 0.1) is 6.92 Å². The molecule has 5 nitrogen and oxygen atoms in total. The van der Waals surface area contributed by atoms with Crippen molar-refractivity contribution < 1.29 is 9.47 Å². The minimum atomic E-state index is -0.121. The lowest BCUT2D eigenvalue weighted by Gasteiger charge is -2.12. The summed E-state index contributed by atoms with van der Waals surface area (Å²) < 4.78 is 10.6. The van der Waals surface area contributed by atoms with Crippen LogP contribution in [-0.2, 0) is 6.42 Å². The first-order chi connectivity index (χ1) is 9.60. The van der Waals surface area contributed by atoms with Crippen molar-refractivity contribution >= 4 is 0 Å². The number of methoxy groups -OCH3 is 2. The number of nitrogens with one attached hydrogen (secondary N) is 1. The Bertz CT molecular complexity index is 677. The highest BCUT2D eigenvalue weighted by molar-refractivity contribution is 5.70. The number of rotatable bonds is 4. The second kappa shape index (κ2) is 5.77. The zero-order chi connectivity index (χ0) is 14.7. The Kier molecular flexibility index (Phi) is 4.08. The van der Waals surface area contributed by atoms with Crippen LogP contribution in [-0.4, -0.2) is 24.2 Å². The van der Waals surface area contributed by atoms with Gasteiger partial charge in [0.25, 0.3) is 5.56 Å². The van der Waals surface area contributed by atoms with Crippen LogP contribution in [0.4, 0.5) is 0 Å². The van der Waals surface area contributed by atoms with Crippen molar-refractivity contribution in [2.75, 3.05) is 14.2 Å². The SMILES string of the molecule is CCc1nc(-c2ccc(OC)cc2OC)c(C)c(=O)[nH]1. The minimum absolute atomic E-state index is 0.121. The number of aromatic nitrogens is 2. The van der Waals surface area contributed by atoms with E-state index in [9.17, 15) is 4.79 Å². The zero-order valence-corrected chi connectivity index (χ0v) is 12.1. The molecule has 5 heteroatoms. The van der Waals surface area contributed by atoms with Gasteiger partial charge in [-0.1, -0.05) is 6.92 Å². The van der Waals surface area contributed by atoms with Crippen molar-refractivity contribution in [1.82, 2.24) is 9.97 Å². The van der Waals surface area contributed by atoms with Crippen LogP contribution in [0.3, 0.4) is 0 Å². The Morgan fingerprint density at radius 3 is 2.60 bits per heavy atom. The third-order valence-corrected chi connectivity index (χ3v) is 3.20. The zero-order valence-electron chi connectivity index (χ0n) is 12.1. The van der Waals surface area contributed by atoms with Gasteiger partial charge in [0.05, 0.1) is 19.9 Å². The molecule has 0 saturated carbocycles. The van der Waals surface area contributed by atoms with E-state index in [4.69, 9.17) is 9.47 Å². The third kappa shape index (κ3) is 2.52. The highest BCUT2D eigenvalue weighted by atomic mass is 16.5. The summed E-state index contributed by atoms with van der Waals surface area (Å²) in [7, 11) is 3.18. The first-order valence-corrected chi connectivity index (χ1v) is 6.42. The normalized spacial score (nSPS) is 10.4. The molecule has 1 N–H and O–H groups in total. The average Bonchev–Trinajstić information content (AvgIpc) is 2.49. The fourth-order valence-corrected chi connectivity index (χ4v) is 2.00. The van der Waals surface area contributed by atoms with Crippen LogP contribution in [0.5, 0.6) is 11.5 Å². The molecule has 0 spiro atoms. The van der Waals surface area contributed by atoms with E-state index in [0.29, 0.717) is 35.0 Å². The van der Waals surface area contributed by atoms with Gasteiger partial charge in [0, 0.05) is 23.6 Å². The predicted octanol–water partition coefficient (Wildman–Crippen LogP) is 2.32. The molecule has 0 unspecified atom stereocenters. The van der Waals surface area contributed by atoms with Crippen LogP contribution >= 0.6 is 0 Å². The molecule has 106 valence electrons. The van der Waals surface area contributed by atoms with E-state index in [1.54, 1.807) is 27.2 Å². The molecule has 0 bridgehead atoms. The summed E-state index contributed by atoms with van der Waals surface area (Å²) >= 11 is 0. The molecule has 0 fully saturated rings. The monoisotopic (exact) mass is 274 g/mol. The van der Waals surface area contributed by atoms with Crippen LogP contribution in [0.25, 0.3) is 11.3 Å². The lowest BCUT2D eigenvalue weighted by Crippen LogP contribution is -2.15. The van der Waals surface area contributed by atoms with Crippen LogP contribution in [0.2, 0.25) is 0 Å². The summed E-state index contributed by atoms with van der Waals surface area (Å²) in [6.07, 6.45) is 0.668. The number of ether oxygens (including phenoxy) is 2. The molecular weight excluding hydrogens is 256 g/mol. The average molecular weight is 274 g/mol. The summed E-state index contributed by atoms with van der Waals surface area (Å²) in [6, 6.07) is 5.46. The van der Waals surface area contributed by atoms with Gasteiger partial charge in [-0.05, 0) is 19.1 Å². The number of nitrogens with zero attached hydrogens (tertiary/aromatic N) is 1. The van der Waals surface area contributed by atoms with Gasteiger partial charge in [-0.25, -0.2) is 4.98 Å². The van der Waals surface area contributed by atoms with Crippen molar-refractivity contribution in [2.24, 2.45) is 0 Å². The number of hydrogen-bond acceptors (Lipinski definition) is 4. The molecule has 0 aliphatic carbocycles. The molecule has 0 saturated heterocycles. The van der Waals surface area contributed by atoms with Gasteiger partial charge in [0.2, 0.25) is 0 Å². The first kappa shape index (κ1) is 14.1. The molecule has 0 atom stereocenters. The molecule has 1 aromatic heterocycles. The third-order valence-electron chi connectivity index (χ3n) is 3.20. The van der Waals surface area contributed by atoms with Gasteiger partial charge in [-0.2, -0.15) is 0 Å². The fourth-order valence-electron chi connectivity index (χ4n) is 2.00. The molecule has 1 heterocycles. The molecule has 0 amide bonds. The van der Waals surface area contributed by atoms with Crippen LogP contribution in [0.15, 0.2) is 23.0 Å². The number of H-pyrrole nitrogens is 1. The van der Waals surface area contributed by atoms with Crippen molar-refractivity contribution in [1.29, 1.82) is 0 Å². The van der Waals surface area contributed by atoms with Crippen molar-refractivity contribution in [3.63, 3.8) is 0 Å². The Labute approximate surface area is 117 Å². The summed E-state index contributed by atoms with van der Waals surface area (Å²) in [6.45, 7) is 3.70. The van der Waals surface area contributed by atoms with E-state index >= 15 is 0 Å². The Hall–Kier alpha value is -2.30. The van der Waals surface area contributed by atoms with Gasteiger partial charge in [-0.15, -0.1) is 0 Å². The minimum Gasteiger partial charge on any atom is -0.497 e. The van der Waals surface area contributed by atoms with E-state index in [-0.39, 0.29) is 5.56 Å². The summed E-state index contributed by atoms with van der Waals surface area (Å²) in [5, 5.41) is 0. The number of hydrogen-bond donors (Lipinski definition) is 1. The molecule has 0 aliphatic rings. The lowest BCUT2D eigenvalue weighted by molar-refractivity contribution is 0.395. The van der Waals surface area contributed by atoms with E-state index < -0.39 is 0 Å². The second-order valence-electron chi connectivity index (χ2n) is 4.41. The molecular formula is C15H18N2O3. The molecule has 0 aliphatic heterocycles. The Morgan fingerprint density at radius 1 is 1.25 bits per heavy atom. The van der Waals surface area contributed by atoms with Crippen LogP contribution in [0.1, 0.15) is 18.3 Å². The fraction of sp³-hybridized carbons (Fsp3) is 0.333. The number of aryl methyl sites for hydroxylation is 1. The highest BCUT2D eigenvalue weighted by Crippen LogP contribution is 2.33. The van der Waals surface area contributed by atoms with E-state index in [1.807, 2.05) is 19.1 Å². The van der Waals surface area contributed by atoms with E-state index in [1.165, 1.54) is 0 Å².